The van der Waals surface area contributed by atoms with Crippen LogP contribution in [0.2, 0.25) is 0 Å². The Morgan fingerprint density at radius 1 is 1.03 bits per heavy atom. The zero-order chi connectivity index (χ0) is 26.0. The van der Waals surface area contributed by atoms with Gasteiger partial charge in [-0.15, -0.1) is 0 Å². The number of benzene rings is 2. The maximum atomic E-state index is 15.0. The third-order valence-electron chi connectivity index (χ3n) is 5.16. The van der Waals surface area contributed by atoms with Crippen LogP contribution >= 0.6 is 0 Å². The summed E-state index contributed by atoms with van der Waals surface area (Å²) >= 11 is 0. The van der Waals surface area contributed by atoms with Crippen molar-refractivity contribution in [2.45, 2.75) is 49.8 Å². The first kappa shape index (κ1) is 26.1. The number of nitrogens with two attached hydrogens (primary N) is 1. The number of nitrogens with zero attached hydrogens (tertiary/aromatic N) is 2. The summed E-state index contributed by atoms with van der Waals surface area (Å²) in [5.74, 6) is -0.373. The van der Waals surface area contributed by atoms with Crippen molar-refractivity contribution in [2.75, 3.05) is 12.3 Å². The maximum absolute atomic E-state index is 15.0. The predicted octanol–water partition coefficient (Wildman–Crippen LogP) is 4.61. The Kier molecular flexibility index (Phi) is 7.16. The van der Waals surface area contributed by atoms with E-state index in [0.29, 0.717) is 16.8 Å². The minimum absolute atomic E-state index is 0.00394. The van der Waals surface area contributed by atoms with Gasteiger partial charge in [0.25, 0.3) is 0 Å². The summed E-state index contributed by atoms with van der Waals surface area (Å²) in [6.45, 7) is 7.96. The molecule has 3 rings (SSSR count). The monoisotopic (exact) mass is 500 g/mol. The molecular weight excluding hydrogens is 471 g/mol. The number of anilines is 1. The minimum atomic E-state index is -4.00. The van der Waals surface area contributed by atoms with E-state index in [2.05, 4.69) is 15.3 Å². The van der Waals surface area contributed by atoms with Crippen molar-refractivity contribution in [1.82, 2.24) is 15.3 Å². The molecule has 0 fully saturated rings. The molecule has 0 atom stereocenters. The van der Waals surface area contributed by atoms with Gasteiger partial charge in [0.2, 0.25) is 0 Å². The SMILES string of the molecule is CC(C)(C)NC(=O)OCC(C)(C)S(=O)(=O)c1ccccc1-c1ccc(-c2cnc(N)cn2)c(F)c1. The number of alkyl carbamates (subject to hydrolysis) is 1. The Bertz CT molecular complexity index is 1330. The number of hydrogen-bond acceptors (Lipinski definition) is 7. The molecule has 10 heteroatoms. The standard InChI is InChI=1S/C25H29FN4O4S/c1-24(2,3)30-23(31)34-15-25(4,5)35(32,33)21-9-7-6-8-17(21)16-10-11-18(19(26)12-16)20-13-29-22(27)14-28-20/h6-14H,15H2,1-5H3,(H2,27,29)(H,30,31). The molecule has 0 bridgehead atoms. The van der Waals surface area contributed by atoms with E-state index in [1.54, 1.807) is 45.0 Å². The Labute approximate surface area is 204 Å². The predicted molar refractivity (Wildman–Crippen MR) is 133 cm³/mol. The molecular formula is C25H29FN4O4S. The van der Waals surface area contributed by atoms with Crippen molar-refractivity contribution >= 4 is 21.7 Å². The van der Waals surface area contributed by atoms with Crippen LogP contribution in [0.1, 0.15) is 34.6 Å². The van der Waals surface area contributed by atoms with Crippen molar-refractivity contribution in [3.63, 3.8) is 0 Å². The second-order valence-electron chi connectivity index (χ2n) is 9.73. The Morgan fingerprint density at radius 3 is 2.31 bits per heavy atom. The smallest absolute Gasteiger partial charge is 0.407 e. The van der Waals surface area contributed by atoms with Crippen LogP contribution < -0.4 is 11.1 Å². The third-order valence-corrected chi connectivity index (χ3v) is 7.67. The fourth-order valence-corrected chi connectivity index (χ4v) is 4.81. The lowest BCUT2D eigenvalue weighted by Gasteiger charge is -2.27. The lowest BCUT2D eigenvalue weighted by Crippen LogP contribution is -2.44. The first-order valence-electron chi connectivity index (χ1n) is 10.9. The summed E-state index contributed by atoms with van der Waals surface area (Å²) in [5.41, 5.74) is 6.23. The third kappa shape index (κ3) is 5.94. The van der Waals surface area contributed by atoms with Crippen molar-refractivity contribution in [1.29, 1.82) is 0 Å². The largest absolute Gasteiger partial charge is 0.448 e. The second-order valence-corrected chi connectivity index (χ2v) is 12.3. The summed E-state index contributed by atoms with van der Waals surface area (Å²) in [6, 6.07) is 10.7. The summed E-state index contributed by atoms with van der Waals surface area (Å²) in [4.78, 5) is 20.1. The van der Waals surface area contributed by atoms with Crippen molar-refractivity contribution < 1.29 is 22.3 Å². The zero-order valence-corrected chi connectivity index (χ0v) is 21.1. The molecule has 8 nitrogen and oxygen atoms in total. The van der Waals surface area contributed by atoms with E-state index >= 15 is 4.39 Å². The molecule has 0 aliphatic rings. The van der Waals surface area contributed by atoms with E-state index in [9.17, 15) is 13.2 Å². The van der Waals surface area contributed by atoms with Crippen LogP contribution in [-0.2, 0) is 14.6 Å². The Hall–Kier alpha value is -3.53. The van der Waals surface area contributed by atoms with Gasteiger partial charge in [0, 0.05) is 16.7 Å². The van der Waals surface area contributed by atoms with Crippen LogP contribution in [0.15, 0.2) is 59.8 Å². The molecule has 0 saturated heterocycles. The molecule has 35 heavy (non-hydrogen) atoms. The topological polar surface area (TPSA) is 124 Å². The van der Waals surface area contributed by atoms with Crippen LogP contribution in [0, 0.1) is 5.82 Å². The van der Waals surface area contributed by atoms with E-state index in [1.165, 1.54) is 44.4 Å². The number of rotatable bonds is 6. The van der Waals surface area contributed by atoms with Crippen LogP contribution in [0.3, 0.4) is 0 Å². The number of aromatic nitrogens is 2. The fourth-order valence-electron chi connectivity index (χ4n) is 3.26. The van der Waals surface area contributed by atoms with E-state index in [4.69, 9.17) is 10.5 Å². The normalized spacial score (nSPS) is 12.3. The van der Waals surface area contributed by atoms with Crippen LogP contribution in [0.4, 0.5) is 15.0 Å². The van der Waals surface area contributed by atoms with Gasteiger partial charge in [-0.1, -0.05) is 24.3 Å². The first-order chi connectivity index (χ1) is 16.2. The highest BCUT2D eigenvalue weighted by molar-refractivity contribution is 7.93. The number of sulfone groups is 1. The summed E-state index contributed by atoms with van der Waals surface area (Å²) in [7, 11) is -4.00. The van der Waals surface area contributed by atoms with Gasteiger partial charge in [-0.05, 0) is 58.4 Å². The molecule has 2 aromatic carbocycles. The second kappa shape index (κ2) is 9.61. The molecule has 0 spiro atoms. The number of carbonyl (C=O) groups is 1. The molecule has 0 unspecified atom stereocenters. The van der Waals surface area contributed by atoms with E-state index in [0.717, 1.165) is 0 Å². The molecule has 3 aromatic rings. The van der Waals surface area contributed by atoms with Gasteiger partial charge in [-0.3, -0.25) is 4.98 Å². The van der Waals surface area contributed by atoms with Crippen LogP contribution in [0.5, 0.6) is 0 Å². The van der Waals surface area contributed by atoms with Gasteiger partial charge >= 0.3 is 6.09 Å². The summed E-state index contributed by atoms with van der Waals surface area (Å²) in [5, 5.41) is 2.63. The van der Waals surface area contributed by atoms with Gasteiger partial charge in [-0.25, -0.2) is 22.6 Å². The van der Waals surface area contributed by atoms with Gasteiger partial charge in [0.1, 0.15) is 23.0 Å². The number of amides is 1. The molecule has 3 N–H and O–H groups in total. The maximum Gasteiger partial charge on any atom is 0.407 e. The van der Waals surface area contributed by atoms with Gasteiger partial charge in [0.15, 0.2) is 9.84 Å². The van der Waals surface area contributed by atoms with Gasteiger partial charge < -0.3 is 15.8 Å². The number of hydrogen-bond donors (Lipinski definition) is 2. The van der Waals surface area contributed by atoms with E-state index < -0.39 is 32.0 Å². The van der Waals surface area contributed by atoms with Crippen LogP contribution in [0.25, 0.3) is 22.4 Å². The average Bonchev–Trinajstić information content (AvgIpc) is 2.77. The highest BCUT2D eigenvalue weighted by Gasteiger charge is 2.39. The number of ether oxygens (including phenoxy) is 1. The molecule has 0 aliphatic carbocycles. The quantitative estimate of drug-likeness (QED) is 0.506. The summed E-state index contributed by atoms with van der Waals surface area (Å²) in [6.07, 6.45) is 1.98. The fraction of sp³-hybridized carbons (Fsp3) is 0.320. The Morgan fingerprint density at radius 2 is 1.71 bits per heavy atom. The molecule has 0 saturated carbocycles. The first-order valence-corrected chi connectivity index (χ1v) is 12.4. The zero-order valence-electron chi connectivity index (χ0n) is 20.3. The molecule has 0 radical (unpaired) electrons. The molecule has 1 amide bonds. The lowest BCUT2D eigenvalue weighted by molar-refractivity contribution is 0.129. The molecule has 1 aromatic heterocycles. The highest BCUT2D eigenvalue weighted by atomic mass is 32.2. The number of carbonyl (C=O) groups excluding carboxylic acids is 1. The van der Waals surface area contributed by atoms with Crippen molar-refractivity contribution in [2.24, 2.45) is 0 Å². The summed E-state index contributed by atoms with van der Waals surface area (Å²) < 4.78 is 46.0. The lowest BCUT2D eigenvalue weighted by atomic mass is 10.0. The van der Waals surface area contributed by atoms with Crippen molar-refractivity contribution in [3.05, 3.63) is 60.7 Å². The minimum Gasteiger partial charge on any atom is -0.448 e. The number of halogens is 1. The molecule has 186 valence electrons. The number of nitrogen functional groups attached to an aromatic ring is 1. The molecule has 0 aliphatic heterocycles. The van der Waals surface area contributed by atoms with Gasteiger partial charge in [-0.2, -0.15) is 0 Å². The van der Waals surface area contributed by atoms with Gasteiger partial charge in [0.05, 0.1) is 23.0 Å². The average molecular weight is 501 g/mol. The highest BCUT2D eigenvalue weighted by Crippen LogP contribution is 2.35. The van der Waals surface area contributed by atoms with E-state index in [-0.39, 0.29) is 22.9 Å². The Balaban J connectivity index is 1.94. The van der Waals surface area contributed by atoms with Crippen molar-refractivity contribution in [3.8, 4) is 22.4 Å². The van der Waals surface area contributed by atoms with E-state index in [1.807, 2.05) is 0 Å². The molecule has 1 heterocycles. The number of nitrogens with one attached hydrogen (secondary N) is 1. The van der Waals surface area contributed by atoms with Crippen LogP contribution in [-0.4, -0.2) is 41.4 Å².